The fourth-order valence-corrected chi connectivity index (χ4v) is 2.26. The van der Waals surface area contributed by atoms with Crippen LogP contribution in [0.4, 0.5) is 0 Å². The Kier molecular flexibility index (Phi) is 75.5. The van der Waals surface area contributed by atoms with Gasteiger partial charge in [0.15, 0.2) is 0 Å². The zero-order valence-corrected chi connectivity index (χ0v) is 34.2. The molecule has 1 aromatic carbocycles. The van der Waals surface area contributed by atoms with Gasteiger partial charge in [0, 0.05) is 15.7 Å². The molecular formula is C30H48Cl3K2NO2-4. The SMILES string of the molecule is C=C(C)C.C=C(NC(C)c1ccc(Cl)cc1Cl)/C(Cl)=C\C.C[CH-]CC[C-]=O.[CH-]=O.[CH2-]CC.[CH2-]CC.[CH3-].[K+].[K+]. The van der Waals surface area contributed by atoms with Gasteiger partial charge in [0.2, 0.25) is 0 Å². The molecule has 0 aliphatic rings. The third-order valence-electron chi connectivity index (χ3n) is 2.90. The largest absolute Gasteiger partial charge is 1.00 e. The number of halogens is 3. The van der Waals surface area contributed by atoms with Gasteiger partial charge in [-0.3, -0.25) is 13.1 Å². The van der Waals surface area contributed by atoms with Gasteiger partial charge in [0.05, 0.1) is 11.1 Å². The van der Waals surface area contributed by atoms with Crippen molar-refractivity contribution in [3.63, 3.8) is 0 Å². The molecular weight excluding hydrogens is 591 g/mol. The molecule has 0 heterocycles. The molecule has 0 aromatic heterocycles. The summed E-state index contributed by atoms with van der Waals surface area (Å²) in [4.78, 5) is 17.2. The number of carbonyl (C=O) groups excluding carboxylic acids is 2. The Morgan fingerprint density at radius 2 is 1.55 bits per heavy atom. The number of benzene rings is 1. The summed E-state index contributed by atoms with van der Waals surface area (Å²) < 4.78 is 0. The van der Waals surface area contributed by atoms with E-state index in [9.17, 15) is 4.79 Å². The van der Waals surface area contributed by atoms with E-state index in [-0.39, 0.29) is 116 Å². The van der Waals surface area contributed by atoms with Crippen molar-refractivity contribution in [2.45, 2.75) is 80.2 Å². The predicted molar refractivity (Wildman–Crippen MR) is 167 cm³/mol. The Bertz CT molecular complexity index is 679. The molecule has 0 saturated carbocycles. The molecule has 0 radical (unpaired) electrons. The van der Waals surface area contributed by atoms with E-state index in [1.807, 2.05) is 61.0 Å². The molecule has 0 spiro atoms. The minimum atomic E-state index is 0. The zero-order chi connectivity index (χ0) is 28.8. The van der Waals surface area contributed by atoms with Gasteiger partial charge in [0.1, 0.15) is 0 Å². The maximum absolute atomic E-state index is 9.42. The number of allylic oxidation sites excluding steroid dienone is 3. The molecule has 1 atom stereocenters. The van der Waals surface area contributed by atoms with E-state index in [1.54, 1.807) is 24.5 Å². The molecule has 0 amide bonds. The molecule has 0 aliphatic carbocycles. The minimum absolute atomic E-state index is 0. The van der Waals surface area contributed by atoms with Gasteiger partial charge in [-0.05, 0) is 45.4 Å². The smallest absolute Gasteiger partial charge is 0.545 e. The van der Waals surface area contributed by atoms with Gasteiger partial charge in [-0.15, -0.1) is 6.58 Å². The summed E-state index contributed by atoms with van der Waals surface area (Å²) in [7, 11) is 0. The normalized spacial score (nSPS) is 9.00. The van der Waals surface area contributed by atoms with E-state index in [0.29, 0.717) is 27.2 Å². The van der Waals surface area contributed by atoms with Crippen LogP contribution in [0.2, 0.25) is 10.0 Å². The predicted octanol–water partition coefficient (Wildman–Crippen LogP) is 4.63. The average Bonchev–Trinajstić information content (AvgIpc) is 2.79. The third-order valence-corrected chi connectivity index (χ3v) is 3.91. The van der Waals surface area contributed by atoms with Crippen LogP contribution in [0.15, 0.2) is 53.7 Å². The maximum Gasteiger partial charge on any atom is 1.00 e. The maximum atomic E-state index is 9.42. The van der Waals surface area contributed by atoms with Gasteiger partial charge in [-0.2, -0.15) is 26.2 Å². The zero-order valence-electron chi connectivity index (χ0n) is 25.6. The van der Waals surface area contributed by atoms with E-state index in [1.165, 1.54) is 5.57 Å². The van der Waals surface area contributed by atoms with Gasteiger partial charge in [-0.25, -0.2) is 6.42 Å². The number of unbranched alkanes of at least 4 members (excludes halogenated alkanes) is 2. The molecule has 1 rings (SSSR count). The molecule has 0 bridgehead atoms. The van der Waals surface area contributed by atoms with Gasteiger partial charge in [0.25, 0.3) is 0 Å². The molecule has 0 aliphatic heterocycles. The summed E-state index contributed by atoms with van der Waals surface area (Å²) in [6.07, 6.45) is 8.94. The Hall–Kier alpha value is 1.72. The van der Waals surface area contributed by atoms with Crippen molar-refractivity contribution in [1.29, 1.82) is 0 Å². The Morgan fingerprint density at radius 1 is 1.16 bits per heavy atom. The Labute approximate surface area is 337 Å². The van der Waals surface area contributed by atoms with Crippen LogP contribution >= 0.6 is 34.8 Å². The van der Waals surface area contributed by atoms with Crippen LogP contribution in [0.5, 0.6) is 0 Å². The summed E-state index contributed by atoms with van der Waals surface area (Å²) in [6, 6.07) is 5.43. The number of nitrogens with one attached hydrogen (secondary N) is 1. The second-order valence-electron chi connectivity index (χ2n) is 6.95. The van der Waals surface area contributed by atoms with Crippen molar-refractivity contribution < 1.29 is 112 Å². The summed E-state index contributed by atoms with van der Waals surface area (Å²) in [5.41, 5.74) is 2.80. The molecule has 0 saturated heterocycles. The Balaban J connectivity index is -0.0000000598. The first-order valence-electron chi connectivity index (χ1n) is 11.2. The topological polar surface area (TPSA) is 46.2 Å². The van der Waals surface area contributed by atoms with E-state index >= 15 is 0 Å². The van der Waals surface area contributed by atoms with Crippen molar-refractivity contribution >= 4 is 47.9 Å². The first-order chi connectivity index (χ1) is 16.4. The molecule has 212 valence electrons. The van der Waals surface area contributed by atoms with E-state index in [4.69, 9.17) is 39.6 Å². The second-order valence-corrected chi connectivity index (χ2v) is 8.20. The number of hydrogen-bond donors (Lipinski definition) is 1. The minimum Gasteiger partial charge on any atom is -0.545 e. The van der Waals surface area contributed by atoms with E-state index < -0.39 is 0 Å². The second kappa shape index (κ2) is 48.5. The van der Waals surface area contributed by atoms with Crippen molar-refractivity contribution in [2.75, 3.05) is 0 Å². The molecule has 8 heteroatoms. The van der Waals surface area contributed by atoms with Gasteiger partial charge < -0.3 is 42.6 Å². The summed E-state index contributed by atoms with van der Waals surface area (Å²) in [5.74, 6) is 0. The van der Waals surface area contributed by atoms with Crippen molar-refractivity contribution in [3.8, 4) is 0 Å². The van der Waals surface area contributed by atoms with Crippen LogP contribution in [0.25, 0.3) is 0 Å². The summed E-state index contributed by atoms with van der Waals surface area (Å²) in [5, 5.41) is 5.03. The first kappa shape index (κ1) is 59.2. The molecule has 38 heavy (non-hydrogen) atoms. The van der Waals surface area contributed by atoms with Crippen LogP contribution < -0.4 is 108 Å². The van der Waals surface area contributed by atoms with Crippen LogP contribution in [0.1, 0.15) is 85.8 Å². The summed E-state index contributed by atoms with van der Waals surface area (Å²) >= 11 is 17.9. The van der Waals surface area contributed by atoms with Crippen molar-refractivity contribution in [3.05, 3.63) is 97.0 Å². The molecule has 0 fully saturated rings. The number of rotatable bonds is 7. The standard InChI is InChI=1S/C13H14Cl3N.C5H8O.C4H8.2C3H7.CHO.CH3.2K/c1-4-12(15)9(3)17-8(2)11-6-5-10(14)7-13(11)16;1-2-3-4-5-6;1-4(2)3;2*1-3-2;1-2;;;/h4-8,17H,3H2,1-2H3;2H,3-4H2,1H3;1H2,2-3H3;2*1,3H2,2H3;1H;1H3;;/q;-2;;4*-1;2*+1/b12-4+;;;;;;;;. The molecule has 1 unspecified atom stereocenters. The third kappa shape index (κ3) is 50.6. The number of hydrogen-bond acceptors (Lipinski definition) is 3. The molecule has 1 N–H and O–H groups in total. The molecule has 1 aromatic rings. The van der Waals surface area contributed by atoms with Crippen molar-refractivity contribution in [1.82, 2.24) is 5.32 Å². The molecule has 3 nitrogen and oxygen atoms in total. The quantitative estimate of drug-likeness (QED) is 0.118. The summed E-state index contributed by atoms with van der Waals surface area (Å²) in [6.45, 7) is 31.4. The monoisotopic (exact) mass is 637 g/mol. The van der Waals surface area contributed by atoms with Crippen LogP contribution in [-0.2, 0) is 9.59 Å². The van der Waals surface area contributed by atoms with Crippen molar-refractivity contribution in [2.24, 2.45) is 0 Å². The Morgan fingerprint density at radius 3 is 1.82 bits per heavy atom. The average molecular weight is 639 g/mol. The van der Waals surface area contributed by atoms with E-state index in [0.717, 1.165) is 24.8 Å². The van der Waals surface area contributed by atoms with Gasteiger partial charge >= 0.3 is 103 Å². The van der Waals surface area contributed by atoms with E-state index in [2.05, 4.69) is 39.1 Å². The van der Waals surface area contributed by atoms with Crippen LogP contribution in [-0.4, -0.2) is 13.1 Å². The fourth-order valence-electron chi connectivity index (χ4n) is 1.64. The van der Waals surface area contributed by atoms with Gasteiger partial charge in [-0.1, -0.05) is 72.9 Å². The van der Waals surface area contributed by atoms with Crippen LogP contribution in [0.3, 0.4) is 0 Å². The van der Waals surface area contributed by atoms with Crippen LogP contribution in [0, 0.1) is 27.7 Å². The first-order valence-corrected chi connectivity index (χ1v) is 12.4. The fraction of sp³-hybridized carbons (Fsp3) is 0.400.